The smallest absolute Gasteiger partial charge is 0.235 e. The molecule has 0 atom stereocenters. The van der Waals surface area contributed by atoms with Crippen molar-refractivity contribution in [1.82, 2.24) is 9.62 Å². The minimum Gasteiger partial charge on any atom is -0.395 e. The molecule has 0 unspecified atom stereocenters. The Kier molecular flexibility index (Phi) is 6.54. The van der Waals surface area contributed by atoms with E-state index in [1.54, 1.807) is 0 Å². The molecule has 0 bridgehead atoms. The summed E-state index contributed by atoms with van der Waals surface area (Å²) in [6, 6.07) is 0. The second-order valence-electron chi connectivity index (χ2n) is 3.99. The maximum absolute atomic E-state index is 11.4. The highest BCUT2D eigenvalue weighted by Gasteiger charge is 2.19. The summed E-state index contributed by atoms with van der Waals surface area (Å²) in [5.41, 5.74) is 0. The number of nitrogens with zero attached hydrogens (tertiary/aromatic N) is 1. The van der Waals surface area contributed by atoms with Crippen LogP contribution in [-0.2, 0) is 14.8 Å². The number of carbonyl (C=O) groups excluding carboxylic acids is 1. The van der Waals surface area contributed by atoms with E-state index in [1.807, 2.05) is 13.8 Å². The molecule has 0 radical (unpaired) electrons. The number of aliphatic hydroxyl groups is 1. The van der Waals surface area contributed by atoms with E-state index in [0.717, 1.165) is 4.31 Å². The third-order valence-corrected chi connectivity index (χ3v) is 3.68. The third-order valence-electron chi connectivity index (χ3n) is 1.90. The molecule has 0 rings (SSSR count). The first kappa shape index (κ1) is 15.3. The zero-order chi connectivity index (χ0) is 12.8. The molecule has 0 aliphatic rings. The van der Waals surface area contributed by atoms with Crippen LogP contribution in [0.3, 0.4) is 0 Å². The van der Waals surface area contributed by atoms with Gasteiger partial charge in [-0.05, 0) is 5.92 Å². The molecule has 0 aliphatic heterocycles. The summed E-state index contributed by atoms with van der Waals surface area (Å²) in [6.45, 7) is 3.76. The SMILES string of the molecule is CC(C)CNC(=O)CN(C)S(=O)(=O)CCO. The van der Waals surface area contributed by atoms with E-state index in [2.05, 4.69) is 5.32 Å². The van der Waals surface area contributed by atoms with Crippen LogP contribution in [0, 0.1) is 5.92 Å². The Morgan fingerprint density at radius 3 is 2.44 bits per heavy atom. The van der Waals surface area contributed by atoms with Crippen LogP contribution in [0.2, 0.25) is 0 Å². The Hall–Kier alpha value is -0.660. The molecule has 0 aliphatic carbocycles. The summed E-state index contributed by atoms with van der Waals surface area (Å²) >= 11 is 0. The Morgan fingerprint density at radius 2 is 2.00 bits per heavy atom. The lowest BCUT2D eigenvalue weighted by molar-refractivity contribution is -0.121. The van der Waals surface area contributed by atoms with Crippen molar-refractivity contribution >= 4 is 15.9 Å². The number of aliphatic hydroxyl groups excluding tert-OH is 1. The van der Waals surface area contributed by atoms with Crippen molar-refractivity contribution < 1.29 is 18.3 Å². The first-order valence-electron chi connectivity index (χ1n) is 5.11. The van der Waals surface area contributed by atoms with Gasteiger partial charge in [0, 0.05) is 13.6 Å². The summed E-state index contributed by atoms with van der Waals surface area (Å²) in [4.78, 5) is 11.3. The molecule has 6 nitrogen and oxygen atoms in total. The van der Waals surface area contributed by atoms with Gasteiger partial charge in [0.05, 0.1) is 18.9 Å². The highest BCUT2D eigenvalue weighted by Crippen LogP contribution is 1.97. The molecule has 0 aromatic carbocycles. The number of hydrogen-bond donors (Lipinski definition) is 2. The molecule has 0 fully saturated rings. The minimum absolute atomic E-state index is 0.213. The molecular weight excluding hydrogens is 232 g/mol. The fraction of sp³-hybridized carbons (Fsp3) is 0.889. The first-order valence-corrected chi connectivity index (χ1v) is 6.72. The number of amides is 1. The normalized spacial score (nSPS) is 12.1. The average Bonchev–Trinajstić information content (AvgIpc) is 2.14. The number of likely N-dealkylation sites (N-methyl/N-ethyl adjacent to an activating group) is 1. The molecule has 0 heterocycles. The fourth-order valence-corrected chi connectivity index (χ4v) is 1.80. The fourth-order valence-electron chi connectivity index (χ4n) is 0.946. The van der Waals surface area contributed by atoms with Gasteiger partial charge in [0.25, 0.3) is 0 Å². The zero-order valence-corrected chi connectivity index (χ0v) is 10.7. The van der Waals surface area contributed by atoms with E-state index in [9.17, 15) is 13.2 Å². The highest BCUT2D eigenvalue weighted by atomic mass is 32.2. The van der Waals surface area contributed by atoms with Gasteiger partial charge in [0.2, 0.25) is 15.9 Å². The van der Waals surface area contributed by atoms with Crippen LogP contribution >= 0.6 is 0 Å². The van der Waals surface area contributed by atoms with E-state index in [-0.39, 0.29) is 18.2 Å². The lowest BCUT2D eigenvalue weighted by atomic mass is 10.2. The maximum Gasteiger partial charge on any atom is 0.235 e. The van der Waals surface area contributed by atoms with Crippen LogP contribution in [0.4, 0.5) is 0 Å². The first-order chi connectivity index (χ1) is 7.29. The van der Waals surface area contributed by atoms with Crippen molar-refractivity contribution in [2.75, 3.05) is 32.5 Å². The summed E-state index contributed by atoms with van der Waals surface area (Å²) in [6.07, 6.45) is 0. The van der Waals surface area contributed by atoms with Gasteiger partial charge in [-0.15, -0.1) is 0 Å². The molecule has 0 saturated heterocycles. The third kappa shape index (κ3) is 6.04. The Balaban J connectivity index is 4.14. The molecule has 7 heteroatoms. The van der Waals surface area contributed by atoms with Crippen LogP contribution in [0.25, 0.3) is 0 Å². The van der Waals surface area contributed by atoms with E-state index in [4.69, 9.17) is 5.11 Å². The molecule has 96 valence electrons. The average molecular weight is 252 g/mol. The van der Waals surface area contributed by atoms with Gasteiger partial charge in [0.15, 0.2) is 0 Å². The van der Waals surface area contributed by atoms with Gasteiger partial charge in [0.1, 0.15) is 0 Å². The number of sulfonamides is 1. The van der Waals surface area contributed by atoms with Crippen molar-refractivity contribution in [3.8, 4) is 0 Å². The van der Waals surface area contributed by atoms with Crippen LogP contribution in [0.15, 0.2) is 0 Å². The quantitative estimate of drug-likeness (QED) is 0.609. The van der Waals surface area contributed by atoms with Crippen LogP contribution in [0.1, 0.15) is 13.8 Å². The van der Waals surface area contributed by atoms with Crippen molar-refractivity contribution in [3.63, 3.8) is 0 Å². The van der Waals surface area contributed by atoms with Gasteiger partial charge >= 0.3 is 0 Å². The van der Waals surface area contributed by atoms with Crippen molar-refractivity contribution in [2.45, 2.75) is 13.8 Å². The lowest BCUT2D eigenvalue weighted by Gasteiger charge is -2.16. The number of rotatable bonds is 7. The largest absolute Gasteiger partial charge is 0.395 e. The monoisotopic (exact) mass is 252 g/mol. The number of hydrogen-bond acceptors (Lipinski definition) is 4. The van der Waals surface area contributed by atoms with E-state index in [1.165, 1.54) is 7.05 Å². The lowest BCUT2D eigenvalue weighted by Crippen LogP contribution is -2.40. The van der Waals surface area contributed by atoms with Crippen molar-refractivity contribution in [3.05, 3.63) is 0 Å². The van der Waals surface area contributed by atoms with E-state index >= 15 is 0 Å². The maximum atomic E-state index is 11.4. The highest BCUT2D eigenvalue weighted by molar-refractivity contribution is 7.89. The number of carbonyl (C=O) groups is 1. The van der Waals surface area contributed by atoms with E-state index < -0.39 is 16.6 Å². The van der Waals surface area contributed by atoms with Gasteiger partial charge < -0.3 is 10.4 Å². The summed E-state index contributed by atoms with van der Waals surface area (Å²) in [5.74, 6) is -0.373. The molecule has 0 saturated carbocycles. The van der Waals surface area contributed by atoms with Gasteiger partial charge in [-0.2, -0.15) is 4.31 Å². The van der Waals surface area contributed by atoms with Gasteiger partial charge in [-0.3, -0.25) is 4.79 Å². The predicted octanol–water partition coefficient (Wildman–Crippen LogP) is -0.987. The molecule has 0 spiro atoms. The Bertz CT molecular complexity index is 313. The van der Waals surface area contributed by atoms with E-state index in [0.29, 0.717) is 12.5 Å². The minimum atomic E-state index is -3.52. The molecule has 16 heavy (non-hydrogen) atoms. The zero-order valence-electron chi connectivity index (χ0n) is 9.93. The van der Waals surface area contributed by atoms with Gasteiger partial charge in [-0.25, -0.2) is 8.42 Å². The van der Waals surface area contributed by atoms with Crippen molar-refractivity contribution in [2.24, 2.45) is 5.92 Å². The topological polar surface area (TPSA) is 86.7 Å². The predicted molar refractivity (Wildman–Crippen MR) is 61.4 cm³/mol. The van der Waals surface area contributed by atoms with Crippen LogP contribution in [-0.4, -0.2) is 56.2 Å². The Morgan fingerprint density at radius 1 is 1.44 bits per heavy atom. The Labute approximate surface area is 96.7 Å². The van der Waals surface area contributed by atoms with Gasteiger partial charge in [-0.1, -0.05) is 13.8 Å². The molecule has 1 amide bonds. The van der Waals surface area contributed by atoms with Crippen molar-refractivity contribution in [1.29, 1.82) is 0 Å². The molecular formula is C9H20N2O4S. The molecule has 0 aromatic heterocycles. The molecule has 0 aromatic rings. The summed E-state index contributed by atoms with van der Waals surface area (Å²) in [7, 11) is -2.20. The summed E-state index contributed by atoms with van der Waals surface area (Å²) < 4.78 is 23.7. The second-order valence-corrected chi connectivity index (χ2v) is 6.19. The second kappa shape index (κ2) is 6.82. The van der Waals surface area contributed by atoms with Crippen LogP contribution in [0.5, 0.6) is 0 Å². The van der Waals surface area contributed by atoms with Crippen LogP contribution < -0.4 is 5.32 Å². The standard InChI is InChI=1S/C9H20N2O4S/c1-8(2)6-10-9(13)7-11(3)16(14,15)5-4-12/h8,12H,4-7H2,1-3H3,(H,10,13). The number of nitrogens with one attached hydrogen (secondary N) is 1. The molecule has 2 N–H and O–H groups in total. The summed E-state index contributed by atoms with van der Waals surface area (Å²) in [5, 5.41) is 11.2.